The van der Waals surface area contributed by atoms with Crippen molar-refractivity contribution < 1.29 is 9.47 Å². The summed E-state index contributed by atoms with van der Waals surface area (Å²) in [6.45, 7) is 8.38. The summed E-state index contributed by atoms with van der Waals surface area (Å²) in [5, 5.41) is 0. The smallest absolute Gasteiger partial charge is 0.123 e. The normalized spacial score (nSPS) is 28.0. The van der Waals surface area contributed by atoms with Gasteiger partial charge < -0.3 is 9.47 Å². The second kappa shape index (κ2) is 5.02. The van der Waals surface area contributed by atoms with E-state index in [1.54, 1.807) is 0 Å². The first-order chi connectivity index (χ1) is 11.0. The highest BCUT2D eigenvalue weighted by Gasteiger charge is 2.41. The lowest BCUT2D eigenvalue weighted by molar-refractivity contribution is 0.224. The van der Waals surface area contributed by atoms with Gasteiger partial charge in [-0.1, -0.05) is 49.7 Å². The minimum Gasteiger partial charge on any atom is -0.492 e. The number of aryl methyl sites for hydroxylation is 1. The highest BCUT2D eigenvalue weighted by molar-refractivity contribution is 5.46. The number of fused-ring (bicyclic) bond motifs is 2. The minimum atomic E-state index is 0.0991. The Hall–Kier alpha value is -1.96. The molecule has 0 spiro atoms. The quantitative estimate of drug-likeness (QED) is 0.812. The minimum absolute atomic E-state index is 0.0991. The topological polar surface area (TPSA) is 18.5 Å². The molecule has 0 saturated carbocycles. The molecule has 2 aliphatic heterocycles. The van der Waals surface area contributed by atoms with E-state index in [1.165, 1.54) is 16.7 Å². The average Bonchev–Trinajstić information content (AvgIpc) is 3.06. The van der Waals surface area contributed by atoms with Crippen LogP contribution in [0.5, 0.6) is 11.5 Å². The van der Waals surface area contributed by atoms with Gasteiger partial charge in [-0.2, -0.15) is 0 Å². The Bertz CT molecular complexity index is 751. The van der Waals surface area contributed by atoms with Crippen LogP contribution >= 0.6 is 0 Å². The van der Waals surface area contributed by atoms with Gasteiger partial charge in [0.25, 0.3) is 0 Å². The highest BCUT2D eigenvalue weighted by atomic mass is 16.5. The lowest BCUT2D eigenvalue weighted by atomic mass is 9.72. The lowest BCUT2D eigenvalue weighted by Crippen LogP contribution is -2.30. The summed E-state index contributed by atoms with van der Waals surface area (Å²) in [5.41, 5.74) is 4.23. The number of para-hydroxylation sites is 1. The van der Waals surface area contributed by atoms with Gasteiger partial charge in [-0.05, 0) is 31.9 Å². The third kappa shape index (κ3) is 2.32. The SMILES string of the molecule is Cc1ccc2c(c1)C(C)(CCC1(C)COc3ccccc31)CO2. The van der Waals surface area contributed by atoms with Crippen LogP contribution in [0.2, 0.25) is 0 Å². The van der Waals surface area contributed by atoms with E-state index in [1.807, 2.05) is 0 Å². The molecule has 0 aliphatic carbocycles. The van der Waals surface area contributed by atoms with E-state index in [-0.39, 0.29) is 10.8 Å². The molecule has 0 aromatic heterocycles. The van der Waals surface area contributed by atoms with Crippen molar-refractivity contribution >= 4 is 0 Å². The van der Waals surface area contributed by atoms with Crippen molar-refractivity contribution in [3.63, 3.8) is 0 Å². The van der Waals surface area contributed by atoms with Gasteiger partial charge in [0.05, 0.1) is 13.2 Å². The maximum atomic E-state index is 5.96. The largest absolute Gasteiger partial charge is 0.492 e. The highest BCUT2D eigenvalue weighted by Crippen LogP contribution is 2.47. The number of hydrogen-bond acceptors (Lipinski definition) is 2. The van der Waals surface area contributed by atoms with Crippen molar-refractivity contribution in [3.8, 4) is 11.5 Å². The van der Waals surface area contributed by atoms with Crippen LogP contribution in [0, 0.1) is 6.92 Å². The van der Waals surface area contributed by atoms with E-state index < -0.39 is 0 Å². The molecule has 2 heterocycles. The van der Waals surface area contributed by atoms with E-state index in [9.17, 15) is 0 Å². The first-order valence-corrected chi connectivity index (χ1v) is 8.47. The Morgan fingerprint density at radius 2 is 1.43 bits per heavy atom. The standard InChI is InChI=1S/C21H24O2/c1-15-8-9-19-17(12-15)21(3,14-23-19)11-10-20(2)13-22-18-7-5-4-6-16(18)20/h4-9,12H,10-11,13-14H2,1-3H3. The number of benzene rings is 2. The number of rotatable bonds is 3. The molecule has 0 N–H and O–H groups in total. The van der Waals surface area contributed by atoms with Crippen molar-refractivity contribution in [2.75, 3.05) is 13.2 Å². The van der Waals surface area contributed by atoms with Gasteiger partial charge in [0.15, 0.2) is 0 Å². The predicted molar refractivity (Wildman–Crippen MR) is 92.5 cm³/mol. The summed E-state index contributed by atoms with van der Waals surface area (Å²) in [7, 11) is 0. The maximum absolute atomic E-state index is 5.96. The van der Waals surface area contributed by atoms with Crippen molar-refractivity contribution in [1.29, 1.82) is 0 Å². The number of hydrogen-bond donors (Lipinski definition) is 0. The summed E-state index contributed by atoms with van der Waals surface area (Å²) in [6.07, 6.45) is 2.22. The molecule has 23 heavy (non-hydrogen) atoms. The van der Waals surface area contributed by atoms with Crippen LogP contribution in [0.1, 0.15) is 43.4 Å². The summed E-state index contributed by atoms with van der Waals surface area (Å²) in [5.74, 6) is 2.12. The molecule has 2 nitrogen and oxygen atoms in total. The summed E-state index contributed by atoms with van der Waals surface area (Å²) < 4.78 is 11.9. The van der Waals surface area contributed by atoms with Gasteiger partial charge in [0.1, 0.15) is 11.5 Å². The average molecular weight is 308 g/mol. The van der Waals surface area contributed by atoms with E-state index >= 15 is 0 Å². The molecule has 0 fully saturated rings. The Labute approximate surface area is 138 Å². The molecule has 2 aromatic carbocycles. The van der Waals surface area contributed by atoms with E-state index in [4.69, 9.17) is 9.47 Å². The van der Waals surface area contributed by atoms with E-state index in [2.05, 4.69) is 63.2 Å². The third-order valence-corrected chi connectivity index (χ3v) is 5.64. The molecule has 0 bridgehead atoms. The molecule has 4 rings (SSSR count). The first kappa shape index (κ1) is 14.6. The molecule has 0 radical (unpaired) electrons. The van der Waals surface area contributed by atoms with Crippen LogP contribution in [-0.2, 0) is 10.8 Å². The van der Waals surface area contributed by atoms with Gasteiger partial charge in [0, 0.05) is 22.0 Å². The van der Waals surface area contributed by atoms with Gasteiger partial charge in [-0.15, -0.1) is 0 Å². The molecule has 2 heteroatoms. The molecule has 2 unspecified atom stereocenters. The van der Waals surface area contributed by atoms with Crippen molar-refractivity contribution in [2.24, 2.45) is 0 Å². The predicted octanol–water partition coefficient (Wildman–Crippen LogP) is 4.78. The van der Waals surface area contributed by atoms with Crippen molar-refractivity contribution in [3.05, 3.63) is 59.2 Å². The molecule has 120 valence electrons. The third-order valence-electron chi connectivity index (χ3n) is 5.64. The summed E-state index contributed by atoms with van der Waals surface area (Å²) >= 11 is 0. The zero-order chi connectivity index (χ0) is 16.1. The van der Waals surface area contributed by atoms with E-state index in [0.717, 1.165) is 37.6 Å². The molecular formula is C21H24O2. The fourth-order valence-corrected chi connectivity index (χ4v) is 3.93. The molecule has 2 atom stereocenters. The van der Waals surface area contributed by atoms with Gasteiger partial charge in [-0.25, -0.2) is 0 Å². The van der Waals surface area contributed by atoms with Gasteiger partial charge >= 0.3 is 0 Å². The maximum Gasteiger partial charge on any atom is 0.123 e. The molecule has 0 amide bonds. The molecule has 2 aromatic rings. The van der Waals surface area contributed by atoms with Crippen molar-refractivity contribution in [1.82, 2.24) is 0 Å². The monoisotopic (exact) mass is 308 g/mol. The number of ether oxygens (including phenoxy) is 2. The zero-order valence-corrected chi connectivity index (χ0v) is 14.2. The zero-order valence-electron chi connectivity index (χ0n) is 14.2. The lowest BCUT2D eigenvalue weighted by Gasteiger charge is -2.29. The van der Waals surface area contributed by atoms with Crippen molar-refractivity contribution in [2.45, 2.75) is 44.4 Å². The van der Waals surface area contributed by atoms with Crippen LogP contribution in [0.25, 0.3) is 0 Å². The second-order valence-electron chi connectivity index (χ2n) is 7.69. The molecular weight excluding hydrogens is 284 g/mol. The fraction of sp³-hybridized carbons (Fsp3) is 0.429. The van der Waals surface area contributed by atoms with Gasteiger partial charge in [0.2, 0.25) is 0 Å². The van der Waals surface area contributed by atoms with Gasteiger partial charge in [-0.3, -0.25) is 0 Å². The Morgan fingerprint density at radius 1 is 0.826 bits per heavy atom. The molecule has 2 aliphatic rings. The van der Waals surface area contributed by atoms with Crippen LogP contribution in [0.15, 0.2) is 42.5 Å². The van der Waals surface area contributed by atoms with Crippen LogP contribution < -0.4 is 9.47 Å². The Kier molecular flexibility index (Phi) is 3.19. The Morgan fingerprint density at radius 3 is 2.17 bits per heavy atom. The second-order valence-corrected chi connectivity index (χ2v) is 7.69. The summed E-state index contributed by atoms with van der Waals surface area (Å²) in [4.78, 5) is 0. The van der Waals surface area contributed by atoms with E-state index in [0.29, 0.717) is 0 Å². The summed E-state index contributed by atoms with van der Waals surface area (Å²) in [6, 6.07) is 15.0. The van der Waals surface area contributed by atoms with Crippen LogP contribution in [-0.4, -0.2) is 13.2 Å². The van der Waals surface area contributed by atoms with Crippen LogP contribution in [0.3, 0.4) is 0 Å². The molecule has 0 saturated heterocycles. The first-order valence-electron chi connectivity index (χ1n) is 8.47. The fourth-order valence-electron chi connectivity index (χ4n) is 3.93. The Balaban J connectivity index is 1.58. The van der Waals surface area contributed by atoms with Crippen LogP contribution in [0.4, 0.5) is 0 Å².